The highest BCUT2D eigenvalue weighted by molar-refractivity contribution is 5.87. The summed E-state index contributed by atoms with van der Waals surface area (Å²) in [6.45, 7) is 3.91. The van der Waals surface area contributed by atoms with E-state index in [1.165, 1.54) is 6.42 Å². The fraction of sp³-hybridized carbons (Fsp3) is 0.700. The SMILES string of the molecule is C.CCCC=CC1=NCCCO1. The fourth-order valence-corrected chi connectivity index (χ4v) is 0.928. The van der Waals surface area contributed by atoms with Gasteiger partial charge in [-0.15, -0.1) is 0 Å². The minimum atomic E-state index is 0. The van der Waals surface area contributed by atoms with Crippen LogP contribution in [0.25, 0.3) is 0 Å². The first-order valence-electron chi connectivity index (χ1n) is 4.27. The zero-order chi connectivity index (χ0) is 7.94. The summed E-state index contributed by atoms with van der Waals surface area (Å²) in [6.07, 6.45) is 7.45. The lowest BCUT2D eigenvalue weighted by molar-refractivity contribution is 0.285. The first kappa shape index (κ1) is 11.2. The number of unbranched alkanes of at least 4 members (excludes halogenated alkanes) is 1. The van der Waals surface area contributed by atoms with E-state index in [1.54, 1.807) is 0 Å². The molecule has 0 aliphatic carbocycles. The van der Waals surface area contributed by atoms with Gasteiger partial charge in [-0.3, -0.25) is 4.99 Å². The van der Waals surface area contributed by atoms with Crippen LogP contribution in [0.2, 0.25) is 0 Å². The Morgan fingerprint density at radius 1 is 1.58 bits per heavy atom. The van der Waals surface area contributed by atoms with Crippen molar-refractivity contribution in [3.05, 3.63) is 12.2 Å². The van der Waals surface area contributed by atoms with E-state index in [-0.39, 0.29) is 7.43 Å². The van der Waals surface area contributed by atoms with Crippen molar-refractivity contribution < 1.29 is 4.74 Å². The van der Waals surface area contributed by atoms with E-state index in [0.717, 1.165) is 31.9 Å². The molecule has 0 unspecified atom stereocenters. The third kappa shape index (κ3) is 4.16. The van der Waals surface area contributed by atoms with E-state index in [0.29, 0.717) is 0 Å². The van der Waals surface area contributed by atoms with Gasteiger partial charge >= 0.3 is 0 Å². The van der Waals surface area contributed by atoms with Gasteiger partial charge in [-0.25, -0.2) is 0 Å². The van der Waals surface area contributed by atoms with Gasteiger partial charge in [0.15, 0.2) is 0 Å². The van der Waals surface area contributed by atoms with Gasteiger partial charge in [0.1, 0.15) is 0 Å². The lowest BCUT2D eigenvalue weighted by atomic mass is 10.3. The van der Waals surface area contributed by atoms with Crippen LogP contribution in [0.4, 0.5) is 0 Å². The predicted octanol–water partition coefficient (Wildman–Crippen LogP) is 2.80. The molecule has 0 bridgehead atoms. The fourth-order valence-electron chi connectivity index (χ4n) is 0.928. The van der Waals surface area contributed by atoms with Gasteiger partial charge in [-0.1, -0.05) is 26.8 Å². The monoisotopic (exact) mass is 169 g/mol. The molecule has 0 atom stereocenters. The van der Waals surface area contributed by atoms with E-state index in [4.69, 9.17) is 4.74 Å². The summed E-state index contributed by atoms with van der Waals surface area (Å²) >= 11 is 0. The topological polar surface area (TPSA) is 21.6 Å². The van der Waals surface area contributed by atoms with E-state index in [1.807, 2.05) is 6.08 Å². The molecule has 0 radical (unpaired) electrons. The van der Waals surface area contributed by atoms with Crippen molar-refractivity contribution in [2.24, 2.45) is 4.99 Å². The number of nitrogens with zero attached hydrogens (tertiary/aromatic N) is 1. The average molecular weight is 169 g/mol. The van der Waals surface area contributed by atoms with Crippen molar-refractivity contribution >= 4 is 5.90 Å². The summed E-state index contributed by atoms with van der Waals surface area (Å²) in [4.78, 5) is 4.21. The van der Waals surface area contributed by atoms with Crippen molar-refractivity contribution in [2.75, 3.05) is 13.2 Å². The number of hydrogen-bond donors (Lipinski definition) is 0. The molecular formula is C10H19NO. The van der Waals surface area contributed by atoms with Crippen molar-refractivity contribution in [3.63, 3.8) is 0 Å². The molecule has 2 nitrogen and oxygen atoms in total. The van der Waals surface area contributed by atoms with Crippen LogP contribution >= 0.6 is 0 Å². The maximum absolute atomic E-state index is 5.29. The van der Waals surface area contributed by atoms with Crippen LogP contribution in [0.3, 0.4) is 0 Å². The molecule has 1 aliphatic heterocycles. The largest absolute Gasteiger partial charge is 0.478 e. The zero-order valence-electron chi connectivity index (χ0n) is 7.05. The van der Waals surface area contributed by atoms with E-state index >= 15 is 0 Å². The van der Waals surface area contributed by atoms with Gasteiger partial charge in [0, 0.05) is 13.0 Å². The molecule has 0 saturated heterocycles. The second kappa shape index (κ2) is 6.89. The molecule has 0 aromatic carbocycles. The van der Waals surface area contributed by atoms with E-state index in [9.17, 15) is 0 Å². The van der Waals surface area contributed by atoms with E-state index in [2.05, 4.69) is 18.0 Å². The molecule has 0 aromatic rings. The Balaban J connectivity index is 0.00000121. The third-order valence-corrected chi connectivity index (χ3v) is 1.54. The molecule has 0 amide bonds. The van der Waals surface area contributed by atoms with Gasteiger partial charge in [0.05, 0.1) is 6.61 Å². The molecule has 0 saturated carbocycles. The second-order valence-electron chi connectivity index (χ2n) is 2.61. The van der Waals surface area contributed by atoms with Crippen LogP contribution in [0.1, 0.15) is 33.6 Å². The van der Waals surface area contributed by atoms with Crippen LogP contribution in [0.5, 0.6) is 0 Å². The van der Waals surface area contributed by atoms with Gasteiger partial charge in [0.25, 0.3) is 0 Å². The third-order valence-electron chi connectivity index (χ3n) is 1.54. The minimum absolute atomic E-state index is 0. The first-order valence-corrected chi connectivity index (χ1v) is 4.27. The van der Waals surface area contributed by atoms with Crippen LogP contribution in [0.15, 0.2) is 17.1 Å². The first-order chi connectivity index (χ1) is 5.43. The predicted molar refractivity (Wildman–Crippen MR) is 53.7 cm³/mol. The highest BCUT2D eigenvalue weighted by Crippen LogP contribution is 1.98. The Morgan fingerprint density at radius 2 is 2.42 bits per heavy atom. The Hall–Kier alpha value is -0.790. The van der Waals surface area contributed by atoms with Gasteiger partial charge in [0.2, 0.25) is 5.90 Å². The second-order valence-corrected chi connectivity index (χ2v) is 2.61. The van der Waals surface area contributed by atoms with Crippen molar-refractivity contribution in [2.45, 2.75) is 33.6 Å². The van der Waals surface area contributed by atoms with Crippen LogP contribution in [-0.2, 0) is 4.74 Å². The summed E-state index contributed by atoms with van der Waals surface area (Å²) < 4.78 is 5.29. The number of allylic oxidation sites excluding steroid dienone is 1. The Kier molecular flexibility index (Phi) is 6.44. The van der Waals surface area contributed by atoms with Gasteiger partial charge < -0.3 is 4.74 Å². The maximum atomic E-state index is 5.29. The molecule has 0 fully saturated rings. The molecule has 12 heavy (non-hydrogen) atoms. The minimum Gasteiger partial charge on any atom is -0.478 e. The number of aliphatic imine (C=N–C) groups is 1. The molecular weight excluding hydrogens is 150 g/mol. The molecule has 1 aliphatic rings. The number of hydrogen-bond acceptors (Lipinski definition) is 2. The molecule has 0 spiro atoms. The summed E-state index contributed by atoms with van der Waals surface area (Å²) in [5.41, 5.74) is 0. The number of ether oxygens (including phenoxy) is 1. The van der Waals surface area contributed by atoms with Crippen molar-refractivity contribution in [3.8, 4) is 0 Å². The maximum Gasteiger partial charge on any atom is 0.208 e. The summed E-state index contributed by atoms with van der Waals surface area (Å²) in [6, 6.07) is 0. The molecule has 0 aromatic heterocycles. The molecule has 1 rings (SSSR count). The normalized spacial score (nSPS) is 16.6. The molecule has 70 valence electrons. The lowest BCUT2D eigenvalue weighted by Crippen LogP contribution is -2.10. The Bertz CT molecular complexity index is 161. The molecule has 0 N–H and O–H groups in total. The average Bonchev–Trinajstić information content (AvgIpc) is 2.07. The van der Waals surface area contributed by atoms with Crippen LogP contribution in [0, 0.1) is 0 Å². The quantitative estimate of drug-likeness (QED) is 0.636. The zero-order valence-corrected chi connectivity index (χ0v) is 7.05. The smallest absolute Gasteiger partial charge is 0.208 e. The van der Waals surface area contributed by atoms with Crippen molar-refractivity contribution in [1.29, 1.82) is 0 Å². The number of rotatable bonds is 3. The highest BCUT2D eigenvalue weighted by atomic mass is 16.5. The van der Waals surface area contributed by atoms with Crippen LogP contribution < -0.4 is 0 Å². The molecule has 1 heterocycles. The van der Waals surface area contributed by atoms with Gasteiger partial charge in [-0.2, -0.15) is 0 Å². The molecule has 2 heteroatoms. The van der Waals surface area contributed by atoms with E-state index < -0.39 is 0 Å². The Labute approximate surface area is 75.3 Å². The Morgan fingerprint density at radius 3 is 3.00 bits per heavy atom. The lowest BCUT2D eigenvalue weighted by Gasteiger charge is -2.09. The standard InChI is InChI=1S/C9H15NO.CH4/c1-2-3-4-6-9-10-7-5-8-11-9;/h4,6H,2-3,5,7-8H2,1H3;1H4. The van der Waals surface area contributed by atoms with Crippen molar-refractivity contribution in [1.82, 2.24) is 0 Å². The summed E-state index contributed by atoms with van der Waals surface area (Å²) in [7, 11) is 0. The highest BCUT2D eigenvalue weighted by Gasteiger charge is 1.99. The summed E-state index contributed by atoms with van der Waals surface area (Å²) in [5, 5.41) is 0. The van der Waals surface area contributed by atoms with Crippen LogP contribution in [-0.4, -0.2) is 19.0 Å². The van der Waals surface area contributed by atoms with Gasteiger partial charge in [-0.05, 0) is 12.5 Å². The summed E-state index contributed by atoms with van der Waals surface area (Å²) in [5.74, 6) is 0.810.